The minimum Gasteiger partial charge on any atom is -0.368 e. The molecule has 8 heteroatoms. The summed E-state index contributed by atoms with van der Waals surface area (Å²) < 4.78 is 1.71. The minimum absolute atomic E-state index is 0.00510. The lowest BCUT2D eigenvalue weighted by Crippen LogP contribution is -2.20. The molecule has 0 unspecified atom stereocenters. The molecule has 0 fully saturated rings. The molecule has 0 aliphatic carbocycles. The van der Waals surface area contributed by atoms with E-state index in [2.05, 4.69) is 10.2 Å². The van der Waals surface area contributed by atoms with Gasteiger partial charge in [0.2, 0.25) is 5.91 Å². The number of amides is 1. The molecule has 0 aliphatic heterocycles. The van der Waals surface area contributed by atoms with Crippen LogP contribution in [0.25, 0.3) is 11.4 Å². The zero-order chi connectivity index (χ0) is 18.7. The standard InChI is InChI=1S/C18H16Cl2N4OS/c1-11-4-2-5-12(8-11)17-22-23-18(24(17)9-16(21)25)26-10-13-14(19)6-3-7-15(13)20/h2-8H,9-10H2,1H3,(H2,21,25). The van der Waals surface area contributed by atoms with Gasteiger partial charge >= 0.3 is 0 Å². The Hall–Kier alpha value is -2.02. The summed E-state index contributed by atoms with van der Waals surface area (Å²) in [4.78, 5) is 11.5. The van der Waals surface area contributed by atoms with E-state index < -0.39 is 5.91 Å². The zero-order valence-electron chi connectivity index (χ0n) is 13.9. The number of rotatable bonds is 6. The first-order valence-electron chi connectivity index (χ1n) is 7.80. The van der Waals surface area contributed by atoms with Crippen molar-refractivity contribution in [2.75, 3.05) is 0 Å². The van der Waals surface area contributed by atoms with Crippen LogP contribution in [-0.2, 0) is 17.1 Å². The highest BCUT2D eigenvalue weighted by atomic mass is 35.5. The Labute approximate surface area is 165 Å². The van der Waals surface area contributed by atoms with E-state index in [0.717, 1.165) is 16.7 Å². The number of carbonyl (C=O) groups is 1. The topological polar surface area (TPSA) is 73.8 Å². The van der Waals surface area contributed by atoms with E-state index >= 15 is 0 Å². The second-order valence-corrected chi connectivity index (χ2v) is 7.47. The van der Waals surface area contributed by atoms with E-state index in [1.54, 1.807) is 22.8 Å². The number of thioether (sulfide) groups is 1. The van der Waals surface area contributed by atoms with E-state index in [0.29, 0.717) is 26.8 Å². The van der Waals surface area contributed by atoms with Gasteiger partial charge in [0.05, 0.1) is 0 Å². The van der Waals surface area contributed by atoms with Crippen LogP contribution in [-0.4, -0.2) is 20.7 Å². The normalized spacial score (nSPS) is 10.9. The van der Waals surface area contributed by atoms with Gasteiger partial charge in [-0.05, 0) is 30.7 Å². The van der Waals surface area contributed by atoms with Crippen molar-refractivity contribution in [1.82, 2.24) is 14.8 Å². The maximum Gasteiger partial charge on any atom is 0.237 e. The van der Waals surface area contributed by atoms with Crippen molar-refractivity contribution in [2.24, 2.45) is 5.73 Å². The number of hydrogen-bond donors (Lipinski definition) is 1. The van der Waals surface area contributed by atoms with Gasteiger partial charge in [-0.3, -0.25) is 9.36 Å². The molecule has 2 N–H and O–H groups in total. The van der Waals surface area contributed by atoms with Gasteiger partial charge in [-0.1, -0.05) is 64.8 Å². The molecule has 0 aliphatic rings. The molecule has 0 bridgehead atoms. The van der Waals surface area contributed by atoms with Crippen LogP contribution < -0.4 is 5.73 Å². The number of hydrogen-bond acceptors (Lipinski definition) is 4. The lowest BCUT2D eigenvalue weighted by Gasteiger charge is -2.10. The predicted molar refractivity (Wildman–Crippen MR) is 105 cm³/mol. The van der Waals surface area contributed by atoms with Crippen LogP contribution in [0.15, 0.2) is 47.6 Å². The van der Waals surface area contributed by atoms with Crippen molar-refractivity contribution in [3.8, 4) is 11.4 Å². The van der Waals surface area contributed by atoms with Gasteiger partial charge < -0.3 is 5.73 Å². The average Bonchev–Trinajstić information content (AvgIpc) is 2.96. The minimum atomic E-state index is -0.462. The van der Waals surface area contributed by atoms with Gasteiger partial charge in [-0.2, -0.15) is 0 Å². The molecular weight excluding hydrogens is 391 g/mol. The smallest absolute Gasteiger partial charge is 0.237 e. The summed E-state index contributed by atoms with van der Waals surface area (Å²) in [6.07, 6.45) is 0. The van der Waals surface area contributed by atoms with E-state index in [9.17, 15) is 4.79 Å². The van der Waals surface area contributed by atoms with Crippen molar-refractivity contribution < 1.29 is 4.79 Å². The van der Waals surface area contributed by atoms with Crippen LogP contribution >= 0.6 is 35.0 Å². The Balaban J connectivity index is 1.93. The van der Waals surface area contributed by atoms with Crippen molar-refractivity contribution in [1.29, 1.82) is 0 Å². The fourth-order valence-electron chi connectivity index (χ4n) is 2.50. The summed E-state index contributed by atoms with van der Waals surface area (Å²) in [6, 6.07) is 13.2. The molecule has 0 radical (unpaired) electrons. The molecule has 3 rings (SSSR count). The lowest BCUT2D eigenvalue weighted by molar-refractivity contribution is -0.118. The summed E-state index contributed by atoms with van der Waals surface area (Å²) in [7, 11) is 0. The molecule has 1 heterocycles. The lowest BCUT2D eigenvalue weighted by atomic mass is 10.1. The Morgan fingerprint density at radius 1 is 1.15 bits per heavy atom. The number of aryl methyl sites for hydroxylation is 1. The Morgan fingerprint density at radius 2 is 1.85 bits per heavy atom. The maximum absolute atomic E-state index is 11.5. The van der Waals surface area contributed by atoms with Crippen LogP contribution in [0, 0.1) is 6.92 Å². The molecule has 1 amide bonds. The summed E-state index contributed by atoms with van der Waals surface area (Å²) in [6.45, 7) is 1.99. The predicted octanol–water partition coefficient (Wildman–Crippen LogP) is 4.34. The average molecular weight is 407 g/mol. The van der Waals surface area contributed by atoms with Gasteiger partial charge in [0.25, 0.3) is 0 Å². The Kier molecular flexibility index (Phi) is 5.86. The first-order valence-corrected chi connectivity index (χ1v) is 9.54. The van der Waals surface area contributed by atoms with Crippen LogP contribution in [0.5, 0.6) is 0 Å². The second kappa shape index (κ2) is 8.12. The van der Waals surface area contributed by atoms with Gasteiger partial charge in [-0.25, -0.2) is 0 Å². The molecule has 0 saturated carbocycles. The monoisotopic (exact) mass is 406 g/mol. The molecule has 0 spiro atoms. The van der Waals surface area contributed by atoms with Gasteiger partial charge in [-0.15, -0.1) is 10.2 Å². The quantitative estimate of drug-likeness (QED) is 0.617. The molecule has 0 atom stereocenters. The van der Waals surface area contributed by atoms with Crippen LogP contribution in [0.1, 0.15) is 11.1 Å². The summed E-state index contributed by atoms with van der Waals surface area (Å²) in [5.41, 5.74) is 8.20. The highest BCUT2D eigenvalue weighted by Gasteiger charge is 2.17. The third-order valence-electron chi connectivity index (χ3n) is 3.71. The molecule has 3 aromatic rings. The summed E-state index contributed by atoms with van der Waals surface area (Å²) >= 11 is 13.9. The SMILES string of the molecule is Cc1cccc(-c2nnc(SCc3c(Cl)cccc3Cl)n2CC(N)=O)c1. The summed E-state index contributed by atoms with van der Waals surface area (Å²) in [5, 5.41) is 10.2. The van der Waals surface area contributed by atoms with Crippen molar-refractivity contribution >= 4 is 40.9 Å². The van der Waals surface area contributed by atoms with Gasteiger partial charge in [0.15, 0.2) is 11.0 Å². The van der Waals surface area contributed by atoms with Crippen LogP contribution in [0.2, 0.25) is 10.0 Å². The highest BCUT2D eigenvalue weighted by molar-refractivity contribution is 7.98. The van der Waals surface area contributed by atoms with Gasteiger partial charge in [0, 0.05) is 21.4 Å². The number of nitrogens with two attached hydrogens (primary N) is 1. The number of nitrogens with zero attached hydrogens (tertiary/aromatic N) is 3. The third-order valence-corrected chi connectivity index (χ3v) is 5.42. The highest BCUT2D eigenvalue weighted by Crippen LogP contribution is 2.32. The molecule has 26 heavy (non-hydrogen) atoms. The number of carbonyl (C=O) groups excluding carboxylic acids is 1. The molecule has 2 aromatic carbocycles. The zero-order valence-corrected chi connectivity index (χ0v) is 16.3. The Morgan fingerprint density at radius 3 is 2.50 bits per heavy atom. The number of primary amides is 1. The number of benzene rings is 2. The second-order valence-electron chi connectivity index (χ2n) is 5.72. The van der Waals surface area contributed by atoms with E-state index in [1.807, 2.05) is 31.2 Å². The van der Waals surface area contributed by atoms with Crippen molar-refractivity contribution in [3.63, 3.8) is 0 Å². The first kappa shape index (κ1) is 18.8. The van der Waals surface area contributed by atoms with Crippen LogP contribution in [0.4, 0.5) is 0 Å². The molecule has 1 aromatic heterocycles. The summed E-state index contributed by atoms with van der Waals surface area (Å²) in [5.74, 6) is 0.639. The molecule has 5 nitrogen and oxygen atoms in total. The number of aromatic nitrogens is 3. The third kappa shape index (κ3) is 4.20. The fraction of sp³-hybridized carbons (Fsp3) is 0.167. The molecular formula is C18H16Cl2N4OS. The van der Waals surface area contributed by atoms with Gasteiger partial charge in [0.1, 0.15) is 6.54 Å². The molecule has 0 saturated heterocycles. The van der Waals surface area contributed by atoms with E-state index in [-0.39, 0.29) is 6.54 Å². The Bertz CT molecular complexity index is 938. The van der Waals surface area contributed by atoms with Crippen molar-refractivity contribution in [3.05, 3.63) is 63.6 Å². The first-order chi connectivity index (χ1) is 12.5. The molecule has 134 valence electrons. The maximum atomic E-state index is 11.5. The number of halogens is 2. The van der Waals surface area contributed by atoms with Crippen molar-refractivity contribution in [2.45, 2.75) is 24.4 Å². The van der Waals surface area contributed by atoms with E-state index in [4.69, 9.17) is 28.9 Å². The van der Waals surface area contributed by atoms with E-state index in [1.165, 1.54) is 11.8 Å². The fourth-order valence-corrected chi connectivity index (χ4v) is 4.18. The van der Waals surface area contributed by atoms with Crippen LogP contribution in [0.3, 0.4) is 0 Å². The largest absolute Gasteiger partial charge is 0.368 e.